The van der Waals surface area contributed by atoms with E-state index in [0.717, 1.165) is 11.1 Å². The Bertz CT molecular complexity index is 946. The number of carbonyl (C=O) groups excluding carboxylic acids is 3. The maximum absolute atomic E-state index is 12.8. The van der Waals surface area contributed by atoms with Gasteiger partial charge in [0.25, 0.3) is 5.91 Å². The maximum atomic E-state index is 12.8. The largest absolute Gasteiger partial charge is 0.481 e. The van der Waals surface area contributed by atoms with Crippen LogP contribution in [0.4, 0.5) is 0 Å². The van der Waals surface area contributed by atoms with E-state index < -0.39 is 30.3 Å². The number of hydrogen-bond acceptors (Lipinski definition) is 5. The molecular weight excluding hydrogens is 410 g/mol. The summed E-state index contributed by atoms with van der Waals surface area (Å²) >= 11 is 0. The number of benzene rings is 1. The highest BCUT2D eigenvalue weighted by atomic mass is 16.4. The van der Waals surface area contributed by atoms with E-state index in [9.17, 15) is 19.2 Å². The van der Waals surface area contributed by atoms with Crippen LogP contribution in [0.2, 0.25) is 0 Å². The molecule has 0 bridgehead atoms. The molecule has 1 heterocycles. The van der Waals surface area contributed by atoms with Gasteiger partial charge in [-0.05, 0) is 61.6 Å². The lowest BCUT2D eigenvalue weighted by atomic mass is 9.93. The predicted molar refractivity (Wildman–Crippen MR) is 119 cm³/mol. The number of rotatable bonds is 12. The van der Waals surface area contributed by atoms with Gasteiger partial charge < -0.3 is 20.5 Å². The minimum Gasteiger partial charge on any atom is -0.481 e. The highest BCUT2D eigenvalue weighted by molar-refractivity contribution is 5.94. The molecule has 1 unspecified atom stereocenters. The van der Waals surface area contributed by atoms with Crippen molar-refractivity contribution in [3.05, 3.63) is 65.0 Å². The second kappa shape index (κ2) is 12.3. The summed E-state index contributed by atoms with van der Waals surface area (Å²) in [6, 6.07) is 7.96. The van der Waals surface area contributed by atoms with Gasteiger partial charge in [-0.1, -0.05) is 18.6 Å². The molecular formula is C24H29N3O5. The fourth-order valence-corrected chi connectivity index (χ4v) is 3.30. The van der Waals surface area contributed by atoms with Crippen molar-refractivity contribution in [1.29, 1.82) is 0 Å². The molecule has 2 atom stereocenters. The molecule has 0 saturated carbocycles. The van der Waals surface area contributed by atoms with Gasteiger partial charge in [0.15, 0.2) is 0 Å². The zero-order chi connectivity index (χ0) is 23.5. The number of aromatic nitrogens is 1. The van der Waals surface area contributed by atoms with E-state index in [1.54, 1.807) is 30.6 Å². The second-order valence-electron chi connectivity index (χ2n) is 7.74. The van der Waals surface area contributed by atoms with E-state index in [4.69, 9.17) is 5.11 Å². The van der Waals surface area contributed by atoms with Gasteiger partial charge in [-0.25, -0.2) is 0 Å². The molecule has 0 spiro atoms. The molecule has 1 aromatic heterocycles. The molecule has 0 fully saturated rings. The van der Waals surface area contributed by atoms with Gasteiger partial charge in [-0.2, -0.15) is 0 Å². The lowest BCUT2D eigenvalue weighted by molar-refractivity contribution is -0.138. The summed E-state index contributed by atoms with van der Waals surface area (Å²) in [5, 5.41) is 14.3. The SMILES string of the molecule is Cc1ccc(C(=O)NCCCCC(C(=O)N[C@@H](C=O)CC(=O)O)c2cccnc2)cc1C. The first-order valence-corrected chi connectivity index (χ1v) is 10.5. The highest BCUT2D eigenvalue weighted by Gasteiger charge is 2.24. The quantitative estimate of drug-likeness (QED) is 0.345. The van der Waals surface area contributed by atoms with Crippen molar-refractivity contribution in [3.8, 4) is 0 Å². The summed E-state index contributed by atoms with van der Waals surface area (Å²) in [5.41, 5.74) is 3.48. The van der Waals surface area contributed by atoms with Crippen LogP contribution in [0, 0.1) is 13.8 Å². The van der Waals surface area contributed by atoms with Gasteiger partial charge in [0.2, 0.25) is 5.91 Å². The van der Waals surface area contributed by atoms with Crippen molar-refractivity contribution in [1.82, 2.24) is 15.6 Å². The topological polar surface area (TPSA) is 125 Å². The summed E-state index contributed by atoms with van der Waals surface area (Å²) in [7, 11) is 0. The summed E-state index contributed by atoms with van der Waals surface area (Å²) in [6.45, 7) is 4.41. The fraction of sp³-hybridized carbons (Fsp3) is 0.375. The van der Waals surface area contributed by atoms with Gasteiger partial charge >= 0.3 is 5.97 Å². The van der Waals surface area contributed by atoms with Crippen molar-refractivity contribution in [2.45, 2.75) is 51.5 Å². The molecule has 0 radical (unpaired) electrons. The van der Waals surface area contributed by atoms with Crippen molar-refractivity contribution in [2.24, 2.45) is 0 Å². The highest BCUT2D eigenvalue weighted by Crippen LogP contribution is 2.22. The monoisotopic (exact) mass is 439 g/mol. The van der Waals surface area contributed by atoms with Gasteiger partial charge in [0.05, 0.1) is 18.4 Å². The number of carboxylic acid groups (broad SMARTS) is 1. The second-order valence-corrected chi connectivity index (χ2v) is 7.74. The Morgan fingerprint density at radius 2 is 1.91 bits per heavy atom. The third kappa shape index (κ3) is 7.61. The Morgan fingerprint density at radius 3 is 2.53 bits per heavy atom. The number of carbonyl (C=O) groups is 4. The van der Waals surface area contributed by atoms with Crippen LogP contribution in [0.25, 0.3) is 0 Å². The number of nitrogens with zero attached hydrogens (tertiary/aromatic N) is 1. The first-order chi connectivity index (χ1) is 15.3. The molecule has 2 aromatic rings. The summed E-state index contributed by atoms with van der Waals surface area (Å²) < 4.78 is 0. The minimum absolute atomic E-state index is 0.142. The summed E-state index contributed by atoms with van der Waals surface area (Å²) in [5.74, 6) is -2.30. The number of aryl methyl sites for hydroxylation is 2. The zero-order valence-corrected chi connectivity index (χ0v) is 18.3. The smallest absolute Gasteiger partial charge is 0.305 e. The molecule has 3 N–H and O–H groups in total. The first kappa shape index (κ1) is 24.7. The average Bonchev–Trinajstić information content (AvgIpc) is 2.77. The van der Waals surface area contributed by atoms with Crippen LogP contribution in [0.3, 0.4) is 0 Å². The molecule has 8 heteroatoms. The van der Waals surface area contributed by atoms with E-state index in [1.165, 1.54) is 0 Å². The van der Waals surface area contributed by atoms with Gasteiger partial charge in [-0.3, -0.25) is 19.4 Å². The zero-order valence-electron chi connectivity index (χ0n) is 18.3. The molecule has 32 heavy (non-hydrogen) atoms. The molecule has 8 nitrogen and oxygen atoms in total. The fourth-order valence-electron chi connectivity index (χ4n) is 3.30. The predicted octanol–water partition coefficient (Wildman–Crippen LogP) is 2.54. The van der Waals surface area contributed by atoms with Crippen molar-refractivity contribution in [2.75, 3.05) is 6.54 Å². The third-order valence-corrected chi connectivity index (χ3v) is 5.26. The standard InChI is InChI=1S/C24H29N3O5/c1-16-8-9-18(12-17(16)2)23(31)26-11-4-3-7-21(19-6-5-10-25-14-19)24(32)27-20(15-28)13-22(29)30/h5-6,8-10,12,14-15,20-21H,3-4,7,11,13H2,1-2H3,(H,26,31)(H,27,32)(H,29,30)/t20-,21?/m1/s1. The summed E-state index contributed by atoms with van der Waals surface area (Å²) in [4.78, 5) is 51.1. The minimum atomic E-state index is -1.17. The van der Waals surface area contributed by atoms with Crippen molar-refractivity contribution < 1.29 is 24.3 Å². The first-order valence-electron chi connectivity index (χ1n) is 10.5. The Kier molecular flexibility index (Phi) is 9.53. The molecule has 0 aliphatic carbocycles. The van der Waals surface area contributed by atoms with Gasteiger partial charge in [0, 0.05) is 24.5 Å². The number of aldehydes is 1. The molecule has 0 saturated heterocycles. The number of aliphatic carboxylic acids is 1. The van der Waals surface area contributed by atoms with E-state index in [1.807, 2.05) is 26.0 Å². The third-order valence-electron chi connectivity index (χ3n) is 5.26. The number of nitrogens with one attached hydrogen (secondary N) is 2. The molecule has 2 rings (SSSR count). The number of pyridine rings is 1. The molecule has 170 valence electrons. The van der Waals surface area contributed by atoms with E-state index in [2.05, 4.69) is 15.6 Å². The Balaban J connectivity index is 1.90. The van der Waals surface area contributed by atoms with Crippen LogP contribution in [0.1, 0.15) is 58.6 Å². The van der Waals surface area contributed by atoms with E-state index in [0.29, 0.717) is 43.2 Å². The normalized spacial score (nSPS) is 12.4. The molecule has 0 aliphatic heterocycles. The average molecular weight is 440 g/mol. The van der Waals surface area contributed by atoms with Gasteiger partial charge in [0.1, 0.15) is 6.29 Å². The Morgan fingerprint density at radius 1 is 1.12 bits per heavy atom. The van der Waals surface area contributed by atoms with E-state index >= 15 is 0 Å². The number of carboxylic acids is 1. The van der Waals surface area contributed by atoms with Crippen LogP contribution in [0.5, 0.6) is 0 Å². The number of unbranched alkanes of at least 4 members (excludes halogenated alkanes) is 1. The van der Waals surface area contributed by atoms with Crippen LogP contribution in [0.15, 0.2) is 42.7 Å². The lowest BCUT2D eigenvalue weighted by Crippen LogP contribution is -2.40. The van der Waals surface area contributed by atoms with Crippen LogP contribution in [-0.4, -0.2) is 46.7 Å². The molecule has 0 aliphatic rings. The molecule has 1 aromatic carbocycles. The van der Waals surface area contributed by atoms with Crippen molar-refractivity contribution >= 4 is 24.1 Å². The van der Waals surface area contributed by atoms with E-state index in [-0.39, 0.29) is 5.91 Å². The summed E-state index contributed by atoms with van der Waals surface area (Å²) in [6.07, 6.45) is 4.90. The maximum Gasteiger partial charge on any atom is 0.305 e. The van der Waals surface area contributed by atoms with Crippen LogP contribution in [-0.2, 0) is 14.4 Å². The Hall–Kier alpha value is -3.55. The van der Waals surface area contributed by atoms with Crippen LogP contribution >= 0.6 is 0 Å². The Labute approximate surface area is 187 Å². The van der Waals surface area contributed by atoms with Crippen molar-refractivity contribution in [3.63, 3.8) is 0 Å². The van der Waals surface area contributed by atoms with Gasteiger partial charge in [-0.15, -0.1) is 0 Å². The number of hydrogen-bond donors (Lipinski definition) is 3. The van der Waals surface area contributed by atoms with Crippen LogP contribution < -0.4 is 10.6 Å². The lowest BCUT2D eigenvalue weighted by Gasteiger charge is -2.19. The molecule has 2 amide bonds. The number of amides is 2.